The van der Waals surface area contributed by atoms with Gasteiger partial charge in [-0.15, -0.1) is 24.0 Å². The highest BCUT2D eigenvalue weighted by Crippen LogP contribution is 2.13. The molecule has 2 aromatic carbocycles. The molecule has 8 heteroatoms. The van der Waals surface area contributed by atoms with E-state index >= 15 is 0 Å². The average molecular weight is 532 g/mol. The second-order valence-corrected chi connectivity index (χ2v) is 7.10. The summed E-state index contributed by atoms with van der Waals surface area (Å²) >= 11 is 0. The highest BCUT2D eigenvalue weighted by molar-refractivity contribution is 14.0. The first kappa shape index (κ1) is 24.4. The van der Waals surface area contributed by atoms with Gasteiger partial charge in [0.15, 0.2) is 5.96 Å². The van der Waals surface area contributed by atoms with Crippen LogP contribution in [0.2, 0.25) is 0 Å². The smallest absolute Gasteiger partial charge is 0.253 e. The molecule has 0 aliphatic heterocycles. The van der Waals surface area contributed by atoms with E-state index in [0.717, 1.165) is 29.2 Å². The third-order valence-corrected chi connectivity index (χ3v) is 4.73. The predicted molar refractivity (Wildman–Crippen MR) is 135 cm³/mol. The van der Waals surface area contributed by atoms with E-state index in [1.54, 1.807) is 38.6 Å². The topological polar surface area (TPSA) is 74.6 Å². The molecule has 1 heterocycles. The maximum Gasteiger partial charge on any atom is 0.253 e. The van der Waals surface area contributed by atoms with Gasteiger partial charge in [-0.1, -0.05) is 30.3 Å². The molecule has 31 heavy (non-hydrogen) atoms. The summed E-state index contributed by atoms with van der Waals surface area (Å²) in [5, 5.41) is 6.70. The lowest BCUT2D eigenvalue weighted by molar-refractivity contribution is 0.0827. The number of halogens is 1. The van der Waals surface area contributed by atoms with E-state index in [4.69, 9.17) is 0 Å². The minimum Gasteiger partial charge on any atom is -0.356 e. The lowest BCUT2D eigenvalue weighted by atomic mass is 10.1. The Balaban J connectivity index is 0.00000341. The summed E-state index contributed by atoms with van der Waals surface area (Å²) in [5.74, 6) is 0.745. The molecule has 3 aromatic rings. The normalized spacial score (nSPS) is 10.9. The number of hydrogen-bond donors (Lipinski definition) is 2. The van der Waals surface area contributed by atoms with Gasteiger partial charge in [-0.2, -0.15) is 0 Å². The van der Waals surface area contributed by atoms with Crippen LogP contribution < -0.4 is 10.6 Å². The standard InChI is InChI=1S/C23H28N6O.HI/c1-24-23(26-12-11-18-7-6-9-19(15-18)22(30)28(2)3)27-16-20-8-4-5-10-21(20)29-14-13-25-17-29;/h4-10,13-15,17H,11-12,16H2,1-3H3,(H2,24,26,27);1H. The fourth-order valence-corrected chi connectivity index (χ4v) is 3.16. The van der Waals surface area contributed by atoms with Crippen LogP contribution in [0.4, 0.5) is 0 Å². The summed E-state index contributed by atoms with van der Waals surface area (Å²) < 4.78 is 2.00. The number of carbonyl (C=O) groups is 1. The molecule has 164 valence electrons. The van der Waals surface area contributed by atoms with Gasteiger partial charge in [0.25, 0.3) is 5.91 Å². The molecular formula is C23H29IN6O. The summed E-state index contributed by atoms with van der Waals surface area (Å²) in [5.41, 5.74) is 4.04. The highest BCUT2D eigenvalue weighted by atomic mass is 127. The van der Waals surface area contributed by atoms with E-state index in [1.165, 1.54) is 0 Å². The molecule has 1 aromatic heterocycles. The maximum absolute atomic E-state index is 12.1. The molecule has 0 radical (unpaired) electrons. The van der Waals surface area contributed by atoms with Crippen molar-refractivity contribution in [1.29, 1.82) is 0 Å². The molecule has 3 rings (SSSR count). The molecule has 0 fully saturated rings. The Morgan fingerprint density at radius 1 is 1.13 bits per heavy atom. The van der Waals surface area contributed by atoms with Crippen LogP contribution in [0, 0.1) is 0 Å². The van der Waals surface area contributed by atoms with Gasteiger partial charge in [0.05, 0.1) is 12.0 Å². The summed E-state index contributed by atoms with van der Waals surface area (Å²) in [4.78, 5) is 22.2. The molecule has 0 saturated heterocycles. The maximum atomic E-state index is 12.1. The fourth-order valence-electron chi connectivity index (χ4n) is 3.16. The molecule has 0 aliphatic rings. The summed E-state index contributed by atoms with van der Waals surface area (Å²) in [6.07, 6.45) is 6.29. The Kier molecular flexibility index (Phi) is 9.51. The summed E-state index contributed by atoms with van der Waals surface area (Å²) in [6, 6.07) is 15.9. The van der Waals surface area contributed by atoms with E-state index in [9.17, 15) is 4.79 Å². The van der Waals surface area contributed by atoms with Gasteiger partial charge in [0, 0.05) is 52.2 Å². The number of carbonyl (C=O) groups excluding carboxylic acids is 1. The van der Waals surface area contributed by atoms with Crippen molar-refractivity contribution in [1.82, 2.24) is 25.1 Å². The molecule has 0 unspecified atom stereocenters. The minimum absolute atomic E-state index is 0. The number of imidazole rings is 1. The van der Waals surface area contributed by atoms with E-state index in [0.29, 0.717) is 18.7 Å². The van der Waals surface area contributed by atoms with Crippen LogP contribution in [-0.2, 0) is 13.0 Å². The van der Waals surface area contributed by atoms with Crippen LogP contribution in [0.1, 0.15) is 21.5 Å². The van der Waals surface area contributed by atoms with Crippen molar-refractivity contribution >= 4 is 35.8 Å². The van der Waals surface area contributed by atoms with Crippen molar-refractivity contribution in [2.24, 2.45) is 4.99 Å². The first-order valence-electron chi connectivity index (χ1n) is 9.90. The number of rotatable bonds is 7. The molecule has 1 amide bonds. The SMILES string of the molecule is CN=C(NCCc1cccc(C(=O)N(C)C)c1)NCc1ccccc1-n1ccnc1.I. The van der Waals surface area contributed by atoms with E-state index in [-0.39, 0.29) is 29.9 Å². The van der Waals surface area contributed by atoms with Crippen molar-refractivity contribution < 1.29 is 4.79 Å². The zero-order chi connectivity index (χ0) is 21.3. The van der Waals surface area contributed by atoms with Crippen molar-refractivity contribution in [3.8, 4) is 5.69 Å². The Bertz CT molecular complexity index is 1000. The van der Waals surface area contributed by atoms with Gasteiger partial charge in [-0.25, -0.2) is 4.98 Å². The van der Waals surface area contributed by atoms with Crippen molar-refractivity contribution in [2.75, 3.05) is 27.7 Å². The van der Waals surface area contributed by atoms with E-state index in [1.807, 2.05) is 47.2 Å². The Hall–Kier alpha value is -2.88. The van der Waals surface area contributed by atoms with Gasteiger partial charge in [-0.05, 0) is 35.7 Å². The minimum atomic E-state index is 0. The Labute approximate surface area is 200 Å². The van der Waals surface area contributed by atoms with E-state index < -0.39 is 0 Å². The van der Waals surface area contributed by atoms with Crippen LogP contribution in [0.5, 0.6) is 0 Å². The quantitative estimate of drug-likeness (QED) is 0.279. The van der Waals surface area contributed by atoms with E-state index in [2.05, 4.69) is 32.7 Å². The molecule has 0 aliphatic carbocycles. The molecular weight excluding hydrogens is 503 g/mol. The van der Waals surface area contributed by atoms with Crippen LogP contribution in [0.15, 0.2) is 72.2 Å². The lowest BCUT2D eigenvalue weighted by Crippen LogP contribution is -2.38. The second-order valence-electron chi connectivity index (χ2n) is 7.10. The van der Waals surface area contributed by atoms with Crippen LogP contribution in [-0.4, -0.2) is 54.0 Å². The number of nitrogens with one attached hydrogen (secondary N) is 2. The van der Waals surface area contributed by atoms with Crippen molar-refractivity contribution in [3.05, 3.63) is 83.9 Å². The van der Waals surface area contributed by atoms with Crippen molar-refractivity contribution in [3.63, 3.8) is 0 Å². The van der Waals surface area contributed by atoms with Gasteiger partial charge in [0.2, 0.25) is 0 Å². The number of amides is 1. The van der Waals surface area contributed by atoms with Crippen molar-refractivity contribution in [2.45, 2.75) is 13.0 Å². The molecule has 0 spiro atoms. The second kappa shape index (κ2) is 12.1. The lowest BCUT2D eigenvalue weighted by Gasteiger charge is -2.15. The summed E-state index contributed by atoms with van der Waals surface area (Å²) in [6.45, 7) is 1.35. The average Bonchev–Trinajstić information content (AvgIpc) is 3.30. The zero-order valence-electron chi connectivity index (χ0n) is 18.1. The first-order chi connectivity index (χ1) is 14.6. The Morgan fingerprint density at radius 3 is 2.65 bits per heavy atom. The number of aliphatic imine (C=N–C) groups is 1. The zero-order valence-corrected chi connectivity index (χ0v) is 20.4. The van der Waals surface area contributed by atoms with Gasteiger partial charge < -0.3 is 20.1 Å². The van der Waals surface area contributed by atoms with Crippen LogP contribution in [0.3, 0.4) is 0 Å². The third-order valence-electron chi connectivity index (χ3n) is 4.73. The molecule has 0 atom stereocenters. The third kappa shape index (κ3) is 6.81. The monoisotopic (exact) mass is 532 g/mol. The largest absolute Gasteiger partial charge is 0.356 e. The number of aromatic nitrogens is 2. The number of nitrogens with zero attached hydrogens (tertiary/aromatic N) is 4. The van der Waals surface area contributed by atoms with Gasteiger partial charge >= 0.3 is 0 Å². The summed E-state index contributed by atoms with van der Waals surface area (Å²) in [7, 11) is 5.28. The molecule has 0 saturated carbocycles. The Morgan fingerprint density at radius 2 is 1.94 bits per heavy atom. The number of hydrogen-bond acceptors (Lipinski definition) is 3. The predicted octanol–water partition coefficient (Wildman–Crippen LogP) is 3.10. The number of guanidine groups is 1. The molecule has 0 bridgehead atoms. The number of para-hydroxylation sites is 1. The molecule has 7 nitrogen and oxygen atoms in total. The number of benzene rings is 2. The fraction of sp³-hybridized carbons (Fsp3) is 0.261. The van der Waals surface area contributed by atoms with Gasteiger partial charge in [-0.3, -0.25) is 9.79 Å². The highest BCUT2D eigenvalue weighted by Gasteiger charge is 2.08. The first-order valence-corrected chi connectivity index (χ1v) is 9.90. The van der Waals surface area contributed by atoms with Crippen LogP contribution >= 0.6 is 24.0 Å². The van der Waals surface area contributed by atoms with Gasteiger partial charge in [0.1, 0.15) is 0 Å². The molecule has 2 N–H and O–H groups in total. The van der Waals surface area contributed by atoms with Crippen LogP contribution in [0.25, 0.3) is 5.69 Å².